The van der Waals surface area contributed by atoms with Gasteiger partial charge in [-0.1, -0.05) is 44.2 Å². The molecule has 1 saturated heterocycles. The van der Waals surface area contributed by atoms with Crippen molar-refractivity contribution in [3.05, 3.63) is 64.6 Å². The minimum atomic E-state index is -3.71. The number of carbonyl (C=O) groups is 1. The Balaban J connectivity index is 1.55. The maximum absolute atomic E-state index is 13.2. The van der Waals surface area contributed by atoms with Crippen LogP contribution in [0, 0.1) is 11.8 Å². The molecule has 0 saturated carbocycles. The van der Waals surface area contributed by atoms with Crippen molar-refractivity contribution >= 4 is 27.0 Å². The van der Waals surface area contributed by atoms with Crippen LogP contribution in [0.2, 0.25) is 0 Å². The number of rotatable bonds is 6. The van der Waals surface area contributed by atoms with Crippen LogP contribution in [0.25, 0.3) is 11.1 Å². The summed E-state index contributed by atoms with van der Waals surface area (Å²) in [6.07, 6.45) is 0.994. The van der Waals surface area contributed by atoms with Gasteiger partial charge in [-0.05, 0) is 42.9 Å². The molecule has 4 rings (SSSR count). The molecular weight excluding hydrogens is 442 g/mol. The van der Waals surface area contributed by atoms with Crippen molar-refractivity contribution in [1.82, 2.24) is 14.2 Å². The third kappa shape index (κ3) is 4.89. The minimum Gasteiger partial charge on any atom is -0.408 e. The molecule has 1 fully saturated rings. The van der Waals surface area contributed by atoms with E-state index in [0.717, 1.165) is 12.0 Å². The number of oxazole rings is 1. The van der Waals surface area contributed by atoms with E-state index in [1.54, 1.807) is 0 Å². The third-order valence-electron chi connectivity index (χ3n) is 6.09. The fourth-order valence-corrected chi connectivity index (χ4v) is 6.26. The first kappa shape index (κ1) is 23.3. The summed E-state index contributed by atoms with van der Waals surface area (Å²) in [7, 11) is -3.71. The van der Waals surface area contributed by atoms with E-state index in [-0.39, 0.29) is 40.8 Å². The first-order valence-corrected chi connectivity index (χ1v) is 12.6. The van der Waals surface area contributed by atoms with Gasteiger partial charge in [-0.15, -0.1) is 0 Å². The smallest absolute Gasteiger partial charge is 0.408 e. The lowest BCUT2D eigenvalue weighted by atomic mass is 9.94. The van der Waals surface area contributed by atoms with Crippen LogP contribution in [-0.2, 0) is 21.4 Å². The molecule has 1 N–H and O–H groups in total. The highest BCUT2D eigenvalue weighted by Crippen LogP contribution is 2.28. The standard InChI is InChI=1S/C24H29N3O5S/c1-16-11-17(2)14-26(13-16)33(30,31)20-9-10-21-22(12-20)32-24(29)27(21)15-23(28)25-18(3)19-7-5-4-6-8-19/h4-10,12,16-18H,11,13-15H2,1-3H3,(H,25,28)/t16-,17+,18-/m1/s1. The largest absolute Gasteiger partial charge is 0.420 e. The highest BCUT2D eigenvalue weighted by atomic mass is 32.2. The average Bonchev–Trinajstić information content (AvgIpc) is 3.07. The molecule has 176 valence electrons. The summed E-state index contributed by atoms with van der Waals surface area (Å²) in [6.45, 7) is 6.67. The van der Waals surface area contributed by atoms with Crippen molar-refractivity contribution in [3.63, 3.8) is 0 Å². The van der Waals surface area contributed by atoms with Gasteiger partial charge in [0.05, 0.1) is 16.5 Å². The summed E-state index contributed by atoms with van der Waals surface area (Å²) in [5.41, 5.74) is 1.47. The van der Waals surface area contributed by atoms with Crippen molar-refractivity contribution in [1.29, 1.82) is 0 Å². The molecule has 2 heterocycles. The summed E-state index contributed by atoms with van der Waals surface area (Å²) >= 11 is 0. The Hall–Kier alpha value is -2.91. The van der Waals surface area contributed by atoms with Gasteiger partial charge in [0.15, 0.2) is 5.58 Å². The van der Waals surface area contributed by atoms with Crippen molar-refractivity contribution in [2.75, 3.05) is 13.1 Å². The van der Waals surface area contributed by atoms with Gasteiger partial charge in [0.25, 0.3) is 0 Å². The number of carbonyl (C=O) groups excluding carboxylic acids is 1. The van der Waals surface area contributed by atoms with E-state index in [1.165, 1.54) is 27.1 Å². The van der Waals surface area contributed by atoms with E-state index in [1.807, 2.05) is 51.1 Å². The lowest BCUT2D eigenvalue weighted by Gasteiger charge is -2.34. The van der Waals surface area contributed by atoms with Gasteiger partial charge >= 0.3 is 5.76 Å². The van der Waals surface area contributed by atoms with Crippen LogP contribution in [-0.4, -0.2) is 36.3 Å². The van der Waals surface area contributed by atoms with E-state index >= 15 is 0 Å². The molecule has 1 aromatic heterocycles. The van der Waals surface area contributed by atoms with Gasteiger partial charge in [0, 0.05) is 19.2 Å². The fraction of sp³-hybridized carbons (Fsp3) is 0.417. The zero-order valence-corrected chi connectivity index (χ0v) is 19.8. The van der Waals surface area contributed by atoms with Gasteiger partial charge in [-0.3, -0.25) is 9.36 Å². The lowest BCUT2D eigenvalue weighted by molar-refractivity contribution is -0.122. The molecule has 8 nitrogen and oxygen atoms in total. The maximum Gasteiger partial charge on any atom is 0.420 e. The quantitative estimate of drug-likeness (QED) is 0.595. The van der Waals surface area contributed by atoms with E-state index in [2.05, 4.69) is 5.32 Å². The number of hydrogen-bond acceptors (Lipinski definition) is 5. The number of piperidine rings is 1. The number of benzene rings is 2. The predicted octanol–water partition coefficient (Wildman–Crippen LogP) is 3.14. The summed E-state index contributed by atoms with van der Waals surface area (Å²) in [4.78, 5) is 25.1. The van der Waals surface area contributed by atoms with Crippen LogP contribution >= 0.6 is 0 Å². The van der Waals surface area contributed by atoms with Gasteiger partial charge in [-0.25, -0.2) is 13.2 Å². The number of amides is 1. The first-order chi connectivity index (χ1) is 15.6. The summed E-state index contributed by atoms with van der Waals surface area (Å²) in [5.74, 6) is -0.488. The predicted molar refractivity (Wildman–Crippen MR) is 125 cm³/mol. The number of hydrogen-bond donors (Lipinski definition) is 1. The number of aromatic nitrogens is 1. The van der Waals surface area contributed by atoms with Crippen LogP contribution in [0.3, 0.4) is 0 Å². The number of nitrogens with zero attached hydrogens (tertiary/aromatic N) is 2. The summed E-state index contributed by atoms with van der Waals surface area (Å²) < 4.78 is 34.4. The van der Waals surface area contributed by atoms with Crippen molar-refractivity contribution in [2.45, 2.75) is 44.7 Å². The molecule has 0 spiro atoms. The van der Waals surface area contributed by atoms with Gasteiger partial charge in [-0.2, -0.15) is 4.31 Å². The molecule has 3 atom stereocenters. The molecule has 3 aromatic rings. The lowest BCUT2D eigenvalue weighted by Crippen LogP contribution is -2.42. The monoisotopic (exact) mass is 471 g/mol. The second kappa shape index (κ2) is 9.15. The second-order valence-corrected chi connectivity index (χ2v) is 11.0. The van der Waals surface area contributed by atoms with Crippen LogP contribution in [0.5, 0.6) is 0 Å². The van der Waals surface area contributed by atoms with Crippen LogP contribution < -0.4 is 11.1 Å². The molecule has 9 heteroatoms. The molecule has 0 unspecified atom stereocenters. The number of sulfonamides is 1. The Kier molecular flexibility index (Phi) is 6.45. The third-order valence-corrected chi connectivity index (χ3v) is 7.92. The Bertz CT molecular complexity index is 1300. The van der Waals surface area contributed by atoms with Crippen molar-refractivity contribution < 1.29 is 17.6 Å². The normalized spacial score (nSPS) is 20.6. The molecule has 33 heavy (non-hydrogen) atoms. The van der Waals surface area contributed by atoms with Crippen molar-refractivity contribution in [3.8, 4) is 0 Å². The zero-order valence-electron chi connectivity index (χ0n) is 19.0. The van der Waals surface area contributed by atoms with E-state index in [4.69, 9.17) is 4.42 Å². The highest BCUT2D eigenvalue weighted by molar-refractivity contribution is 7.89. The van der Waals surface area contributed by atoms with Crippen LogP contribution in [0.1, 0.15) is 38.8 Å². The Labute approximate surface area is 193 Å². The van der Waals surface area contributed by atoms with Gasteiger partial charge in [0.2, 0.25) is 15.9 Å². The minimum absolute atomic E-state index is 0.0827. The van der Waals surface area contributed by atoms with Gasteiger partial charge in [0.1, 0.15) is 6.54 Å². The maximum atomic E-state index is 13.2. The Morgan fingerprint density at radius 3 is 2.45 bits per heavy atom. The molecule has 0 radical (unpaired) electrons. The summed E-state index contributed by atoms with van der Waals surface area (Å²) in [6, 6.07) is 13.7. The second-order valence-electron chi connectivity index (χ2n) is 9.05. The molecule has 1 aliphatic heterocycles. The number of nitrogens with one attached hydrogen (secondary N) is 1. The molecule has 0 aliphatic carbocycles. The summed E-state index contributed by atoms with van der Waals surface area (Å²) in [5, 5.41) is 2.87. The molecule has 1 aliphatic rings. The molecule has 1 amide bonds. The SMILES string of the molecule is C[C@@H]1C[C@H](C)CN(S(=O)(=O)c2ccc3c(c2)oc(=O)n3CC(=O)N[C@H](C)c2ccccc2)C1. The van der Waals surface area contributed by atoms with Crippen LogP contribution in [0.15, 0.2) is 62.6 Å². The van der Waals surface area contributed by atoms with E-state index in [0.29, 0.717) is 18.6 Å². The zero-order chi connectivity index (χ0) is 23.8. The molecule has 2 aromatic carbocycles. The van der Waals surface area contributed by atoms with Gasteiger partial charge < -0.3 is 9.73 Å². The first-order valence-electron chi connectivity index (χ1n) is 11.1. The Morgan fingerprint density at radius 2 is 1.79 bits per heavy atom. The topological polar surface area (TPSA) is 102 Å². The fourth-order valence-electron chi connectivity index (χ4n) is 4.56. The van der Waals surface area contributed by atoms with E-state index in [9.17, 15) is 18.0 Å². The van der Waals surface area contributed by atoms with E-state index < -0.39 is 15.8 Å². The molecule has 0 bridgehead atoms. The molecular formula is C24H29N3O5S. The number of fused-ring (bicyclic) bond motifs is 1. The average molecular weight is 472 g/mol. The van der Waals surface area contributed by atoms with Crippen molar-refractivity contribution in [2.24, 2.45) is 11.8 Å². The Morgan fingerprint density at radius 1 is 1.12 bits per heavy atom. The van der Waals surface area contributed by atoms with Crippen LogP contribution in [0.4, 0.5) is 0 Å². The highest BCUT2D eigenvalue weighted by Gasteiger charge is 2.32.